The Hall–Kier alpha value is -1.84. The van der Waals surface area contributed by atoms with Crippen molar-refractivity contribution in [2.24, 2.45) is 0 Å². The number of nitrogens with zero attached hydrogens (tertiary/aromatic N) is 1. The molecule has 1 aromatic carbocycles. The molecule has 1 radical (unpaired) electrons. The molecule has 4 nitrogen and oxygen atoms in total. The van der Waals surface area contributed by atoms with Gasteiger partial charge < -0.3 is 4.74 Å². The molecule has 0 aliphatic carbocycles. The van der Waals surface area contributed by atoms with Gasteiger partial charge in [-0.1, -0.05) is 25.1 Å². The Kier molecular flexibility index (Phi) is 4.26. The van der Waals surface area contributed by atoms with E-state index in [1.807, 2.05) is 13.8 Å². The number of hydrogen-bond donors (Lipinski definition) is 0. The maximum absolute atomic E-state index is 11.1. The maximum Gasteiger partial charge on any atom is 0.314 e. The zero-order valence-corrected chi connectivity index (χ0v) is 10.3. The lowest BCUT2D eigenvalue weighted by molar-refractivity contribution is -0.386. The lowest BCUT2D eigenvalue weighted by Crippen LogP contribution is -2.09. The Bertz CT molecular complexity index is 427. The van der Waals surface area contributed by atoms with Gasteiger partial charge in [0.2, 0.25) is 0 Å². The van der Waals surface area contributed by atoms with Crippen LogP contribution in [0.1, 0.15) is 26.3 Å². The van der Waals surface area contributed by atoms with E-state index in [2.05, 4.69) is 6.58 Å². The normalized spacial score (nSPS) is 10.6. The van der Waals surface area contributed by atoms with E-state index < -0.39 is 4.92 Å². The smallest absolute Gasteiger partial charge is 0.314 e. The molecule has 0 saturated carbocycles. The van der Waals surface area contributed by atoms with Crippen molar-refractivity contribution in [3.8, 4) is 5.75 Å². The van der Waals surface area contributed by atoms with Crippen LogP contribution >= 0.6 is 0 Å². The monoisotopic (exact) mass is 234 g/mol. The molecule has 0 fully saturated rings. The number of nitro benzene ring substituents is 1. The molecule has 0 spiro atoms. The van der Waals surface area contributed by atoms with Crippen molar-refractivity contribution >= 4 is 5.69 Å². The van der Waals surface area contributed by atoms with Crippen molar-refractivity contribution in [2.45, 2.75) is 26.9 Å². The van der Waals surface area contributed by atoms with Gasteiger partial charge in [0, 0.05) is 11.5 Å². The maximum atomic E-state index is 11.1. The first-order valence-electron chi connectivity index (χ1n) is 5.37. The van der Waals surface area contributed by atoms with Gasteiger partial charge in [-0.3, -0.25) is 10.1 Å². The molecule has 0 saturated heterocycles. The first kappa shape index (κ1) is 13.2. The average molecular weight is 234 g/mol. The SMILES string of the molecule is C=C[C](C)c1cccc(OC(C)C)c1[N+](=O)[O-]. The average Bonchev–Trinajstić information content (AvgIpc) is 2.26. The van der Waals surface area contributed by atoms with Crippen molar-refractivity contribution in [2.75, 3.05) is 0 Å². The van der Waals surface area contributed by atoms with Crippen molar-refractivity contribution in [1.29, 1.82) is 0 Å². The van der Waals surface area contributed by atoms with Gasteiger partial charge in [-0.15, -0.1) is 6.58 Å². The van der Waals surface area contributed by atoms with Gasteiger partial charge in [-0.05, 0) is 19.9 Å². The summed E-state index contributed by atoms with van der Waals surface area (Å²) in [5.74, 6) is 1.05. The Balaban J connectivity index is 3.31. The molecular weight excluding hydrogens is 218 g/mol. The quantitative estimate of drug-likeness (QED) is 0.578. The van der Waals surface area contributed by atoms with E-state index in [-0.39, 0.29) is 11.8 Å². The van der Waals surface area contributed by atoms with E-state index in [1.54, 1.807) is 31.2 Å². The molecule has 0 atom stereocenters. The Morgan fingerprint density at radius 3 is 2.65 bits per heavy atom. The third-order valence-electron chi connectivity index (χ3n) is 2.28. The lowest BCUT2D eigenvalue weighted by Gasteiger charge is -2.13. The summed E-state index contributed by atoms with van der Waals surface area (Å²) in [5, 5.41) is 11.1. The van der Waals surface area contributed by atoms with Gasteiger partial charge in [0.05, 0.1) is 11.0 Å². The van der Waals surface area contributed by atoms with E-state index in [4.69, 9.17) is 4.74 Å². The molecule has 91 valence electrons. The predicted octanol–water partition coefficient (Wildman–Crippen LogP) is 3.51. The molecule has 1 rings (SSSR count). The Morgan fingerprint density at radius 1 is 1.53 bits per heavy atom. The van der Waals surface area contributed by atoms with Crippen LogP contribution in [0.5, 0.6) is 5.75 Å². The molecular formula is C13H16NO3. The van der Waals surface area contributed by atoms with Crippen molar-refractivity contribution in [3.63, 3.8) is 0 Å². The summed E-state index contributed by atoms with van der Waals surface area (Å²) in [6.07, 6.45) is 1.49. The third kappa shape index (κ3) is 3.06. The summed E-state index contributed by atoms with van der Waals surface area (Å²) in [6, 6.07) is 5.05. The molecule has 0 unspecified atom stereocenters. The first-order chi connectivity index (χ1) is 7.97. The van der Waals surface area contributed by atoms with E-state index in [0.29, 0.717) is 11.3 Å². The highest BCUT2D eigenvalue weighted by Gasteiger charge is 2.23. The fourth-order valence-corrected chi connectivity index (χ4v) is 1.49. The van der Waals surface area contributed by atoms with Crippen LogP contribution in [-0.4, -0.2) is 11.0 Å². The summed E-state index contributed by atoms with van der Waals surface area (Å²) in [5.41, 5.74) is 0.543. The van der Waals surface area contributed by atoms with Crippen LogP contribution in [0, 0.1) is 16.0 Å². The van der Waals surface area contributed by atoms with Crippen LogP contribution in [0.3, 0.4) is 0 Å². The number of benzene rings is 1. The Morgan fingerprint density at radius 2 is 2.18 bits per heavy atom. The summed E-state index contributed by atoms with van der Waals surface area (Å²) in [6.45, 7) is 9.08. The van der Waals surface area contributed by atoms with Gasteiger partial charge >= 0.3 is 5.69 Å². The second kappa shape index (κ2) is 5.48. The van der Waals surface area contributed by atoms with Crippen LogP contribution < -0.4 is 4.74 Å². The molecule has 0 aliphatic rings. The molecule has 0 N–H and O–H groups in total. The molecule has 0 amide bonds. The van der Waals surface area contributed by atoms with Gasteiger partial charge in [-0.25, -0.2) is 0 Å². The first-order valence-corrected chi connectivity index (χ1v) is 5.37. The fourth-order valence-electron chi connectivity index (χ4n) is 1.49. The highest BCUT2D eigenvalue weighted by molar-refractivity contribution is 5.59. The van der Waals surface area contributed by atoms with Crippen LogP contribution in [0.4, 0.5) is 5.69 Å². The van der Waals surface area contributed by atoms with Crippen LogP contribution in [0.15, 0.2) is 30.9 Å². The minimum atomic E-state index is -0.417. The number of hydrogen-bond acceptors (Lipinski definition) is 3. The van der Waals surface area contributed by atoms with Gasteiger partial charge in [-0.2, -0.15) is 0 Å². The zero-order chi connectivity index (χ0) is 13.0. The van der Waals surface area contributed by atoms with Crippen molar-refractivity contribution < 1.29 is 9.66 Å². The molecule has 4 heteroatoms. The molecule has 1 aromatic rings. The zero-order valence-electron chi connectivity index (χ0n) is 10.3. The topological polar surface area (TPSA) is 52.4 Å². The number of para-hydroxylation sites is 1. The second-order valence-electron chi connectivity index (χ2n) is 3.96. The van der Waals surface area contributed by atoms with Crippen LogP contribution in [0.2, 0.25) is 0 Å². The number of allylic oxidation sites excluding steroid dienone is 1. The standard InChI is InChI=1S/C13H16NO3/c1-5-10(4)11-7-6-8-12(17-9(2)3)13(11)14(15)16/h5-9H,1H2,2-4H3. The minimum Gasteiger partial charge on any atom is -0.484 e. The largest absolute Gasteiger partial charge is 0.484 e. The lowest BCUT2D eigenvalue weighted by atomic mass is 9.99. The third-order valence-corrected chi connectivity index (χ3v) is 2.28. The van der Waals surface area contributed by atoms with Gasteiger partial charge in [0.15, 0.2) is 5.75 Å². The highest BCUT2D eigenvalue weighted by atomic mass is 16.6. The van der Waals surface area contributed by atoms with E-state index >= 15 is 0 Å². The fraction of sp³-hybridized carbons (Fsp3) is 0.308. The van der Waals surface area contributed by atoms with Crippen molar-refractivity contribution in [3.05, 3.63) is 52.4 Å². The second-order valence-corrected chi connectivity index (χ2v) is 3.96. The summed E-state index contributed by atoms with van der Waals surface area (Å²) < 4.78 is 5.45. The van der Waals surface area contributed by atoms with Crippen LogP contribution in [-0.2, 0) is 0 Å². The summed E-state index contributed by atoms with van der Waals surface area (Å²) in [4.78, 5) is 10.7. The highest BCUT2D eigenvalue weighted by Crippen LogP contribution is 2.35. The molecule has 17 heavy (non-hydrogen) atoms. The van der Waals surface area contributed by atoms with E-state index in [1.165, 1.54) is 0 Å². The predicted molar refractivity (Wildman–Crippen MR) is 67.1 cm³/mol. The van der Waals surface area contributed by atoms with E-state index in [0.717, 1.165) is 5.92 Å². The van der Waals surface area contributed by atoms with Crippen molar-refractivity contribution in [1.82, 2.24) is 0 Å². The minimum absolute atomic E-state index is 0.00130. The molecule has 0 bridgehead atoms. The van der Waals surface area contributed by atoms with Gasteiger partial charge in [0.1, 0.15) is 0 Å². The number of nitro groups is 1. The van der Waals surface area contributed by atoms with E-state index in [9.17, 15) is 10.1 Å². The molecule has 0 aromatic heterocycles. The molecule has 0 heterocycles. The van der Waals surface area contributed by atoms with Crippen LogP contribution in [0.25, 0.3) is 0 Å². The number of ether oxygens (including phenoxy) is 1. The summed E-state index contributed by atoms with van der Waals surface area (Å²) in [7, 11) is 0. The number of rotatable bonds is 5. The Labute approximate surface area is 101 Å². The summed E-state index contributed by atoms with van der Waals surface area (Å²) >= 11 is 0. The van der Waals surface area contributed by atoms with Gasteiger partial charge in [0.25, 0.3) is 0 Å². The molecule has 0 aliphatic heterocycles.